The minimum atomic E-state index is -0.448. The summed E-state index contributed by atoms with van der Waals surface area (Å²) in [7, 11) is 3.53. The molecular formula is C24H30N4O2. The van der Waals surface area contributed by atoms with Crippen molar-refractivity contribution in [3.05, 3.63) is 83.4 Å². The number of imidazole rings is 1. The number of aryl methyl sites for hydroxylation is 1. The maximum atomic E-state index is 12.9. The van der Waals surface area contributed by atoms with Crippen molar-refractivity contribution in [1.29, 1.82) is 0 Å². The second-order valence-corrected chi connectivity index (χ2v) is 7.73. The zero-order valence-corrected chi connectivity index (χ0v) is 18.2. The standard InChI is InChI=1S/C24H30N4O2/c1-16(2)18-10-12-19(13-11-18)17(3)26-24(29)27-22(23-25-14-15-28(23)4)20-8-6-7-9-21(20)30-5/h6-17,22H,1-5H3,(H2,26,27,29)/t17-,22-/m0/s1. The fourth-order valence-electron chi connectivity index (χ4n) is 3.46. The molecule has 3 rings (SSSR count). The van der Waals surface area contributed by atoms with E-state index in [9.17, 15) is 4.79 Å². The minimum Gasteiger partial charge on any atom is -0.496 e. The molecule has 1 aromatic heterocycles. The number of urea groups is 1. The number of amides is 2. The van der Waals surface area contributed by atoms with Gasteiger partial charge in [-0.1, -0.05) is 56.3 Å². The highest BCUT2D eigenvalue weighted by molar-refractivity contribution is 5.75. The van der Waals surface area contributed by atoms with Gasteiger partial charge in [-0.05, 0) is 30.0 Å². The van der Waals surface area contributed by atoms with Crippen molar-refractivity contribution >= 4 is 6.03 Å². The highest BCUT2D eigenvalue weighted by atomic mass is 16.5. The molecule has 3 aromatic rings. The first-order chi connectivity index (χ1) is 14.4. The molecule has 0 fully saturated rings. The van der Waals surface area contributed by atoms with Crippen molar-refractivity contribution in [2.45, 2.75) is 38.8 Å². The molecule has 0 aliphatic heterocycles. The Morgan fingerprint density at radius 3 is 2.27 bits per heavy atom. The number of nitrogens with one attached hydrogen (secondary N) is 2. The van der Waals surface area contributed by atoms with E-state index >= 15 is 0 Å². The topological polar surface area (TPSA) is 68.2 Å². The Bertz CT molecular complexity index is 979. The summed E-state index contributed by atoms with van der Waals surface area (Å²) >= 11 is 0. The predicted molar refractivity (Wildman–Crippen MR) is 119 cm³/mol. The Labute approximate surface area is 178 Å². The monoisotopic (exact) mass is 406 g/mol. The lowest BCUT2D eigenvalue weighted by Crippen LogP contribution is -2.40. The number of para-hydroxylation sites is 1. The fraction of sp³-hybridized carbons (Fsp3) is 0.333. The summed E-state index contributed by atoms with van der Waals surface area (Å²) in [5, 5.41) is 6.10. The Balaban J connectivity index is 1.79. The third-order valence-electron chi connectivity index (χ3n) is 5.29. The van der Waals surface area contributed by atoms with Gasteiger partial charge in [0.05, 0.1) is 13.2 Å². The van der Waals surface area contributed by atoms with Crippen LogP contribution in [0.5, 0.6) is 5.75 Å². The van der Waals surface area contributed by atoms with Gasteiger partial charge >= 0.3 is 6.03 Å². The molecule has 0 unspecified atom stereocenters. The van der Waals surface area contributed by atoms with Gasteiger partial charge in [0.1, 0.15) is 17.6 Å². The summed E-state index contributed by atoms with van der Waals surface area (Å²) in [5.41, 5.74) is 3.18. The van der Waals surface area contributed by atoms with Gasteiger partial charge in [-0.15, -0.1) is 0 Å². The highest BCUT2D eigenvalue weighted by Gasteiger charge is 2.24. The Hall–Kier alpha value is -3.28. The van der Waals surface area contributed by atoms with Crippen molar-refractivity contribution in [1.82, 2.24) is 20.2 Å². The number of carbonyl (C=O) groups is 1. The number of benzene rings is 2. The molecule has 0 aliphatic carbocycles. The van der Waals surface area contributed by atoms with E-state index in [0.29, 0.717) is 11.7 Å². The molecule has 0 spiro atoms. The number of methoxy groups -OCH3 is 1. The Kier molecular flexibility index (Phi) is 6.77. The summed E-state index contributed by atoms with van der Waals surface area (Å²) < 4.78 is 7.41. The number of ether oxygens (including phenoxy) is 1. The van der Waals surface area contributed by atoms with E-state index < -0.39 is 6.04 Å². The maximum Gasteiger partial charge on any atom is 0.316 e. The summed E-state index contributed by atoms with van der Waals surface area (Å²) in [6, 6.07) is 15.1. The summed E-state index contributed by atoms with van der Waals surface area (Å²) in [5.74, 6) is 1.90. The van der Waals surface area contributed by atoms with Crippen molar-refractivity contribution < 1.29 is 9.53 Å². The van der Waals surface area contributed by atoms with Crippen LogP contribution in [-0.4, -0.2) is 22.7 Å². The van der Waals surface area contributed by atoms with Gasteiger partial charge < -0.3 is 19.9 Å². The molecule has 2 amide bonds. The first kappa shape index (κ1) is 21.4. The van der Waals surface area contributed by atoms with Gasteiger partial charge in [-0.25, -0.2) is 9.78 Å². The highest BCUT2D eigenvalue weighted by Crippen LogP contribution is 2.29. The Morgan fingerprint density at radius 1 is 1.00 bits per heavy atom. The molecule has 158 valence electrons. The minimum absolute atomic E-state index is 0.133. The van der Waals surface area contributed by atoms with Crippen molar-refractivity contribution in [3.63, 3.8) is 0 Å². The van der Waals surface area contributed by atoms with Crippen LogP contribution < -0.4 is 15.4 Å². The zero-order chi connectivity index (χ0) is 21.7. The number of carbonyl (C=O) groups excluding carboxylic acids is 1. The van der Waals surface area contributed by atoms with Crippen LogP contribution in [0.15, 0.2) is 60.9 Å². The van der Waals surface area contributed by atoms with Crippen LogP contribution in [0.25, 0.3) is 0 Å². The van der Waals surface area contributed by atoms with Gasteiger partial charge in [0, 0.05) is 25.0 Å². The lowest BCUT2D eigenvalue weighted by atomic mass is 10.00. The number of hydrogen-bond acceptors (Lipinski definition) is 3. The van der Waals surface area contributed by atoms with Crippen molar-refractivity contribution in [2.24, 2.45) is 7.05 Å². The SMILES string of the molecule is COc1ccccc1[C@H](NC(=O)N[C@@H](C)c1ccc(C(C)C)cc1)c1nccn1C. The third-order valence-corrected chi connectivity index (χ3v) is 5.29. The van der Waals surface area contributed by atoms with E-state index in [4.69, 9.17) is 4.74 Å². The average molecular weight is 407 g/mol. The maximum absolute atomic E-state index is 12.9. The Morgan fingerprint density at radius 2 is 1.67 bits per heavy atom. The molecule has 0 radical (unpaired) electrons. The number of rotatable bonds is 7. The molecule has 2 N–H and O–H groups in total. The van der Waals surface area contributed by atoms with E-state index in [0.717, 1.165) is 17.0 Å². The molecule has 0 aliphatic rings. The van der Waals surface area contributed by atoms with Gasteiger partial charge in [0.2, 0.25) is 0 Å². The molecule has 1 heterocycles. The number of hydrogen-bond donors (Lipinski definition) is 2. The quantitative estimate of drug-likeness (QED) is 0.597. The van der Waals surface area contributed by atoms with E-state index in [-0.39, 0.29) is 12.1 Å². The first-order valence-electron chi connectivity index (χ1n) is 10.2. The van der Waals surface area contributed by atoms with E-state index in [1.165, 1.54) is 5.56 Å². The van der Waals surface area contributed by atoms with E-state index in [1.54, 1.807) is 13.3 Å². The fourth-order valence-corrected chi connectivity index (χ4v) is 3.46. The summed E-state index contributed by atoms with van der Waals surface area (Å²) in [6.07, 6.45) is 3.58. The van der Waals surface area contributed by atoms with Gasteiger partial charge in [0.25, 0.3) is 0 Å². The average Bonchev–Trinajstić information content (AvgIpc) is 3.17. The van der Waals surface area contributed by atoms with Crippen LogP contribution in [0.3, 0.4) is 0 Å². The molecular weight excluding hydrogens is 376 g/mol. The third kappa shape index (κ3) is 4.82. The van der Waals surface area contributed by atoms with Crippen LogP contribution in [0, 0.1) is 0 Å². The lowest BCUT2D eigenvalue weighted by Gasteiger charge is -2.23. The summed E-state index contributed by atoms with van der Waals surface area (Å²) in [4.78, 5) is 17.3. The first-order valence-corrected chi connectivity index (χ1v) is 10.2. The molecule has 2 atom stereocenters. The molecule has 6 heteroatoms. The molecule has 2 aromatic carbocycles. The molecule has 0 saturated carbocycles. The second-order valence-electron chi connectivity index (χ2n) is 7.73. The van der Waals surface area contributed by atoms with Crippen molar-refractivity contribution in [2.75, 3.05) is 7.11 Å². The molecule has 30 heavy (non-hydrogen) atoms. The predicted octanol–water partition coefficient (Wildman–Crippen LogP) is 4.70. The second kappa shape index (κ2) is 9.48. The summed E-state index contributed by atoms with van der Waals surface area (Å²) in [6.45, 7) is 6.31. The zero-order valence-electron chi connectivity index (χ0n) is 18.2. The smallest absolute Gasteiger partial charge is 0.316 e. The van der Waals surface area contributed by atoms with E-state index in [1.807, 2.05) is 49.0 Å². The van der Waals surface area contributed by atoms with Crippen LogP contribution in [0.2, 0.25) is 0 Å². The normalized spacial score (nSPS) is 13.0. The van der Waals surface area contributed by atoms with Gasteiger partial charge in [-0.3, -0.25) is 0 Å². The molecule has 0 bridgehead atoms. The van der Waals surface area contributed by atoms with Gasteiger partial charge in [-0.2, -0.15) is 0 Å². The lowest BCUT2D eigenvalue weighted by molar-refractivity contribution is 0.235. The van der Waals surface area contributed by atoms with Crippen LogP contribution in [0.4, 0.5) is 4.79 Å². The molecule has 0 saturated heterocycles. The van der Waals surface area contributed by atoms with Crippen LogP contribution in [-0.2, 0) is 7.05 Å². The largest absolute Gasteiger partial charge is 0.496 e. The van der Waals surface area contributed by atoms with Gasteiger partial charge in [0.15, 0.2) is 0 Å². The van der Waals surface area contributed by atoms with Crippen LogP contribution >= 0.6 is 0 Å². The van der Waals surface area contributed by atoms with E-state index in [2.05, 4.69) is 53.7 Å². The number of aromatic nitrogens is 2. The number of nitrogens with zero attached hydrogens (tertiary/aromatic N) is 2. The van der Waals surface area contributed by atoms with Crippen LogP contribution in [0.1, 0.15) is 61.3 Å². The molecule has 6 nitrogen and oxygen atoms in total. The van der Waals surface area contributed by atoms with Crippen molar-refractivity contribution in [3.8, 4) is 5.75 Å².